The van der Waals surface area contributed by atoms with E-state index in [-0.39, 0.29) is 24.4 Å². The van der Waals surface area contributed by atoms with Crippen LogP contribution in [-0.2, 0) is 14.4 Å². The Balaban J connectivity index is 2.10. The van der Waals surface area contributed by atoms with Crippen molar-refractivity contribution in [2.45, 2.75) is 51.1 Å². The molecule has 2 rings (SSSR count). The topological polar surface area (TPSA) is 86.7 Å². The number of fused-ring (bicyclic) bond motifs is 1. The van der Waals surface area contributed by atoms with Crippen molar-refractivity contribution in [1.82, 2.24) is 10.2 Å². The first-order valence-electron chi connectivity index (χ1n) is 6.79. The summed E-state index contributed by atoms with van der Waals surface area (Å²) < 4.78 is 0. The highest BCUT2D eigenvalue weighted by Crippen LogP contribution is 2.39. The first-order valence-corrected chi connectivity index (χ1v) is 6.79. The monoisotopic (exact) mass is 268 g/mol. The van der Waals surface area contributed by atoms with E-state index in [0.717, 1.165) is 25.7 Å². The van der Waals surface area contributed by atoms with E-state index in [9.17, 15) is 19.5 Å². The van der Waals surface area contributed by atoms with Gasteiger partial charge in [-0.3, -0.25) is 9.59 Å². The number of hydrogen-bond acceptors (Lipinski definition) is 3. The van der Waals surface area contributed by atoms with E-state index >= 15 is 0 Å². The maximum atomic E-state index is 12.2. The Morgan fingerprint density at radius 2 is 1.95 bits per heavy atom. The second-order valence-electron chi connectivity index (χ2n) is 5.41. The van der Waals surface area contributed by atoms with Crippen LogP contribution in [0.5, 0.6) is 0 Å². The quantitative estimate of drug-likeness (QED) is 0.774. The van der Waals surface area contributed by atoms with Crippen LogP contribution in [0.25, 0.3) is 0 Å². The molecule has 6 nitrogen and oxygen atoms in total. The normalized spacial score (nSPS) is 29.7. The molecule has 0 spiro atoms. The van der Waals surface area contributed by atoms with Gasteiger partial charge in [-0.15, -0.1) is 0 Å². The zero-order chi connectivity index (χ0) is 14.0. The fourth-order valence-corrected chi connectivity index (χ4v) is 3.33. The van der Waals surface area contributed by atoms with Crippen molar-refractivity contribution in [2.24, 2.45) is 5.92 Å². The molecule has 2 aliphatic rings. The largest absolute Gasteiger partial charge is 0.480 e. The number of carbonyl (C=O) groups is 3. The van der Waals surface area contributed by atoms with E-state index in [4.69, 9.17) is 0 Å². The Kier molecular flexibility index (Phi) is 4.07. The van der Waals surface area contributed by atoms with Crippen LogP contribution in [0.15, 0.2) is 0 Å². The predicted octanol–water partition coefficient (Wildman–Crippen LogP) is 0.367. The number of hydrogen-bond donors (Lipinski definition) is 2. The molecule has 2 amide bonds. The third-order valence-electron chi connectivity index (χ3n) is 4.15. The molecule has 0 radical (unpaired) electrons. The number of nitrogens with one attached hydrogen (secondary N) is 1. The van der Waals surface area contributed by atoms with Crippen molar-refractivity contribution < 1.29 is 19.5 Å². The lowest BCUT2D eigenvalue weighted by Crippen LogP contribution is -2.49. The van der Waals surface area contributed by atoms with Gasteiger partial charge in [0.05, 0.1) is 6.54 Å². The Labute approximate surface area is 112 Å². The van der Waals surface area contributed by atoms with Gasteiger partial charge >= 0.3 is 5.97 Å². The minimum absolute atomic E-state index is 0.0381. The highest BCUT2D eigenvalue weighted by Gasteiger charge is 2.47. The minimum Gasteiger partial charge on any atom is -0.480 e. The zero-order valence-electron chi connectivity index (χ0n) is 11.1. The van der Waals surface area contributed by atoms with Crippen LogP contribution in [0.3, 0.4) is 0 Å². The summed E-state index contributed by atoms with van der Waals surface area (Å²) >= 11 is 0. The maximum Gasteiger partial charge on any atom is 0.326 e. The number of likely N-dealkylation sites (tertiary alicyclic amines) is 1. The molecule has 1 saturated heterocycles. The maximum absolute atomic E-state index is 12.2. The van der Waals surface area contributed by atoms with E-state index in [1.54, 1.807) is 0 Å². The first-order chi connectivity index (χ1) is 9.00. The number of nitrogens with zero attached hydrogens (tertiary/aromatic N) is 1. The van der Waals surface area contributed by atoms with Gasteiger partial charge in [0, 0.05) is 13.0 Å². The molecule has 1 heterocycles. The fourth-order valence-electron chi connectivity index (χ4n) is 3.33. The molecule has 1 aliphatic heterocycles. The zero-order valence-corrected chi connectivity index (χ0v) is 11.1. The van der Waals surface area contributed by atoms with Gasteiger partial charge < -0.3 is 15.3 Å². The van der Waals surface area contributed by atoms with Crippen LogP contribution in [0.2, 0.25) is 0 Å². The molecule has 19 heavy (non-hydrogen) atoms. The van der Waals surface area contributed by atoms with Crippen molar-refractivity contribution in [3.8, 4) is 0 Å². The lowest BCUT2D eigenvalue weighted by atomic mass is 9.85. The average Bonchev–Trinajstić information content (AvgIpc) is 2.75. The highest BCUT2D eigenvalue weighted by atomic mass is 16.4. The molecule has 2 fully saturated rings. The summed E-state index contributed by atoms with van der Waals surface area (Å²) in [4.78, 5) is 35.8. The van der Waals surface area contributed by atoms with Crippen LogP contribution < -0.4 is 5.32 Å². The summed E-state index contributed by atoms with van der Waals surface area (Å²) in [6.45, 7) is 1.23. The lowest BCUT2D eigenvalue weighted by molar-refractivity contribution is -0.149. The molecule has 0 bridgehead atoms. The van der Waals surface area contributed by atoms with Crippen LogP contribution >= 0.6 is 0 Å². The third-order valence-corrected chi connectivity index (χ3v) is 4.15. The molecule has 3 atom stereocenters. The fraction of sp³-hybridized carbons (Fsp3) is 0.769. The number of carboxylic acid groups (broad SMARTS) is 1. The number of carboxylic acids is 1. The molecule has 1 aliphatic carbocycles. The number of amides is 2. The van der Waals surface area contributed by atoms with Crippen molar-refractivity contribution >= 4 is 17.8 Å². The molecular formula is C13H20N2O4. The Hall–Kier alpha value is -1.59. The van der Waals surface area contributed by atoms with Crippen molar-refractivity contribution in [1.29, 1.82) is 0 Å². The van der Waals surface area contributed by atoms with Gasteiger partial charge in [0.15, 0.2) is 0 Å². The second kappa shape index (κ2) is 5.59. The van der Waals surface area contributed by atoms with Crippen molar-refractivity contribution in [3.63, 3.8) is 0 Å². The molecule has 106 valence electrons. The molecule has 0 aromatic rings. The van der Waals surface area contributed by atoms with Gasteiger partial charge in [-0.1, -0.05) is 12.8 Å². The summed E-state index contributed by atoms with van der Waals surface area (Å²) in [7, 11) is 0. The average molecular weight is 268 g/mol. The Morgan fingerprint density at radius 1 is 1.26 bits per heavy atom. The van der Waals surface area contributed by atoms with Gasteiger partial charge in [-0.05, 0) is 25.2 Å². The van der Waals surface area contributed by atoms with E-state index in [0.29, 0.717) is 12.3 Å². The third kappa shape index (κ3) is 2.88. The smallest absolute Gasteiger partial charge is 0.326 e. The molecule has 1 saturated carbocycles. The van der Waals surface area contributed by atoms with Gasteiger partial charge in [0.25, 0.3) is 0 Å². The molecule has 0 aromatic carbocycles. The molecular weight excluding hydrogens is 248 g/mol. The van der Waals surface area contributed by atoms with E-state index in [1.807, 2.05) is 0 Å². The van der Waals surface area contributed by atoms with Crippen LogP contribution in [0, 0.1) is 5.92 Å². The van der Waals surface area contributed by atoms with Gasteiger partial charge in [0.2, 0.25) is 11.8 Å². The van der Waals surface area contributed by atoms with E-state index in [2.05, 4.69) is 5.32 Å². The number of rotatable bonds is 3. The van der Waals surface area contributed by atoms with Gasteiger partial charge in [-0.25, -0.2) is 4.79 Å². The Bertz CT molecular complexity index is 396. The standard InChI is InChI=1S/C13H20N2O4/c1-8(16)14-7-12(17)15-10-5-3-2-4-9(10)6-11(15)13(18)19/h9-11H,2-7H2,1H3,(H,14,16)(H,18,19)/t9-,10-,11+/m1/s1. The van der Waals surface area contributed by atoms with Gasteiger partial charge in [-0.2, -0.15) is 0 Å². The van der Waals surface area contributed by atoms with Crippen LogP contribution in [0.1, 0.15) is 39.0 Å². The highest BCUT2D eigenvalue weighted by molar-refractivity contribution is 5.88. The second-order valence-corrected chi connectivity index (χ2v) is 5.41. The summed E-state index contributed by atoms with van der Waals surface area (Å²) in [6.07, 6.45) is 4.57. The van der Waals surface area contributed by atoms with Crippen LogP contribution in [0.4, 0.5) is 0 Å². The summed E-state index contributed by atoms with van der Waals surface area (Å²) in [6, 6.07) is -0.689. The van der Waals surface area contributed by atoms with E-state index in [1.165, 1.54) is 11.8 Å². The molecule has 0 aromatic heterocycles. The first kappa shape index (κ1) is 13.8. The summed E-state index contributed by atoms with van der Waals surface area (Å²) in [5.74, 6) is -1.20. The SMILES string of the molecule is CC(=O)NCC(=O)N1[C@@H]2CCCC[C@@H]2C[C@H]1C(=O)O. The van der Waals surface area contributed by atoms with Gasteiger partial charge in [0.1, 0.15) is 6.04 Å². The van der Waals surface area contributed by atoms with Crippen molar-refractivity contribution in [3.05, 3.63) is 0 Å². The predicted molar refractivity (Wildman–Crippen MR) is 67.3 cm³/mol. The van der Waals surface area contributed by atoms with Crippen LogP contribution in [-0.4, -0.2) is 46.4 Å². The van der Waals surface area contributed by atoms with Crippen molar-refractivity contribution in [2.75, 3.05) is 6.54 Å². The molecule has 2 N–H and O–H groups in total. The molecule has 0 unspecified atom stereocenters. The summed E-state index contributed by atoms with van der Waals surface area (Å²) in [5, 5.41) is 11.7. The summed E-state index contributed by atoms with van der Waals surface area (Å²) in [5.41, 5.74) is 0. The number of aliphatic carboxylic acids is 1. The number of carbonyl (C=O) groups excluding carboxylic acids is 2. The lowest BCUT2D eigenvalue weighted by Gasteiger charge is -2.33. The minimum atomic E-state index is -0.939. The van der Waals surface area contributed by atoms with E-state index < -0.39 is 12.0 Å². The molecule has 6 heteroatoms. The Morgan fingerprint density at radius 3 is 2.58 bits per heavy atom.